The largest absolute Gasteiger partial charge is 0.493 e. The molecule has 0 saturated heterocycles. The number of methoxy groups -OCH3 is 2. The van der Waals surface area contributed by atoms with Gasteiger partial charge in [0.2, 0.25) is 0 Å². The fourth-order valence-electron chi connectivity index (χ4n) is 2.99. The molecule has 2 aromatic rings. The average molecular weight is 542 g/mol. The van der Waals surface area contributed by atoms with Crippen molar-refractivity contribution in [3.63, 3.8) is 0 Å². The Morgan fingerprint density at radius 3 is 2.45 bits per heavy atom. The lowest BCUT2D eigenvalue weighted by Crippen LogP contribution is -2.38. The molecule has 0 atom stereocenters. The minimum Gasteiger partial charge on any atom is -0.493 e. The number of aliphatic imine (C=N–C) groups is 1. The summed E-state index contributed by atoms with van der Waals surface area (Å²) in [5.41, 5.74) is 8.34. The van der Waals surface area contributed by atoms with Crippen molar-refractivity contribution in [1.82, 2.24) is 10.2 Å². The van der Waals surface area contributed by atoms with Crippen molar-refractivity contribution in [2.75, 3.05) is 34.9 Å². The molecule has 0 heterocycles. The van der Waals surface area contributed by atoms with E-state index in [2.05, 4.69) is 10.3 Å². The zero-order valence-electron chi connectivity index (χ0n) is 18.6. The molecule has 170 valence electrons. The molecule has 1 amide bonds. The second kappa shape index (κ2) is 12.9. The molecular formula is C22H31IN4O4. The molecule has 0 unspecified atom stereocenters. The Hall–Kier alpha value is -2.69. The first-order chi connectivity index (χ1) is 14.4. The number of amides is 1. The van der Waals surface area contributed by atoms with E-state index in [4.69, 9.17) is 19.9 Å². The van der Waals surface area contributed by atoms with Crippen LogP contribution in [-0.4, -0.2) is 51.7 Å². The summed E-state index contributed by atoms with van der Waals surface area (Å²) in [5, 5.41) is 3.34. The summed E-state index contributed by atoms with van der Waals surface area (Å²) in [6, 6.07) is 11.4. The molecule has 0 radical (unpaired) electrons. The molecule has 0 spiro atoms. The standard InChI is InChI=1S/C22H30N4O4.HI/c1-15-9-19(28-4)20(29-5)11-17(15)13-26(3)22(24-2)25-12-16-7-6-8-18(10-16)30-14-21(23)27;/h6-11H,12-14H2,1-5H3,(H2,23,27)(H,24,25);1H. The number of hydrogen-bond acceptors (Lipinski definition) is 5. The molecule has 0 aliphatic carbocycles. The van der Waals surface area contributed by atoms with E-state index < -0.39 is 5.91 Å². The van der Waals surface area contributed by atoms with E-state index in [1.54, 1.807) is 27.3 Å². The molecule has 31 heavy (non-hydrogen) atoms. The number of benzene rings is 2. The molecule has 8 nitrogen and oxygen atoms in total. The number of hydrogen-bond donors (Lipinski definition) is 2. The number of primary amides is 1. The van der Waals surface area contributed by atoms with Gasteiger partial charge in [-0.3, -0.25) is 9.79 Å². The van der Waals surface area contributed by atoms with Crippen LogP contribution >= 0.6 is 24.0 Å². The molecule has 2 rings (SSSR count). The zero-order chi connectivity index (χ0) is 22.1. The SMILES string of the molecule is CN=C(NCc1cccc(OCC(N)=O)c1)N(C)Cc1cc(OC)c(OC)cc1C.I. The predicted molar refractivity (Wildman–Crippen MR) is 132 cm³/mol. The van der Waals surface area contributed by atoms with Gasteiger partial charge in [-0.05, 0) is 47.9 Å². The second-order valence-electron chi connectivity index (χ2n) is 6.79. The normalized spacial score (nSPS) is 10.7. The number of nitrogens with two attached hydrogens (primary N) is 1. The Balaban J connectivity index is 0.00000480. The van der Waals surface area contributed by atoms with Crippen LogP contribution in [0.15, 0.2) is 41.4 Å². The number of rotatable bonds is 9. The summed E-state index contributed by atoms with van der Waals surface area (Å²) < 4.78 is 16.1. The van der Waals surface area contributed by atoms with Gasteiger partial charge in [-0.1, -0.05) is 12.1 Å². The zero-order valence-corrected chi connectivity index (χ0v) is 20.9. The summed E-state index contributed by atoms with van der Waals surface area (Å²) in [6.07, 6.45) is 0. The first-order valence-corrected chi connectivity index (χ1v) is 9.51. The van der Waals surface area contributed by atoms with Crippen molar-refractivity contribution in [2.24, 2.45) is 10.7 Å². The number of halogens is 1. The van der Waals surface area contributed by atoms with Gasteiger partial charge in [-0.2, -0.15) is 0 Å². The molecule has 0 aliphatic rings. The Kier molecular flexibility index (Phi) is 10.9. The number of carbonyl (C=O) groups is 1. The summed E-state index contributed by atoms with van der Waals surface area (Å²) in [5.74, 6) is 2.24. The lowest BCUT2D eigenvalue weighted by Gasteiger charge is -2.24. The highest BCUT2D eigenvalue weighted by atomic mass is 127. The summed E-state index contributed by atoms with van der Waals surface area (Å²) in [6.45, 7) is 3.09. The van der Waals surface area contributed by atoms with Crippen LogP contribution in [0.25, 0.3) is 0 Å². The van der Waals surface area contributed by atoms with Crippen molar-refractivity contribution < 1.29 is 19.0 Å². The molecule has 0 aliphatic heterocycles. The summed E-state index contributed by atoms with van der Waals surface area (Å²) in [7, 11) is 6.97. The van der Waals surface area contributed by atoms with Gasteiger partial charge in [-0.15, -0.1) is 24.0 Å². The van der Waals surface area contributed by atoms with E-state index in [9.17, 15) is 4.79 Å². The monoisotopic (exact) mass is 542 g/mol. The van der Waals surface area contributed by atoms with Crippen molar-refractivity contribution in [2.45, 2.75) is 20.0 Å². The van der Waals surface area contributed by atoms with Gasteiger partial charge in [0.15, 0.2) is 24.1 Å². The maximum absolute atomic E-state index is 10.9. The molecule has 0 saturated carbocycles. The highest BCUT2D eigenvalue weighted by Gasteiger charge is 2.13. The fraction of sp³-hybridized carbons (Fsp3) is 0.364. The molecule has 3 N–H and O–H groups in total. The first-order valence-electron chi connectivity index (χ1n) is 9.51. The minimum absolute atomic E-state index is 0. The van der Waals surface area contributed by atoms with E-state index in [1.807, 2.05) is 49.2 Å². The van der Waals surface area contributed by atoms with Crippen LogP contribution in [0, 0.1) is 6.92 Å². The third-order valence-corrected chi connectivity index (χ3v) is 4.55. The minimum atomic E-state index is -0.508. The van der Waals surface area contributed by atoms with E-state index in [0.29, 0.717) is 30.3 Å². The number of nitrogens with one attached hydrogen (secondary N) is 1. The average Bonchev–Trinajstić information content (AvgIpc) is 2.74. The van der Waals surface area contributed by atoms with Crippen LogP contribution in [0.5, 0.6) is 17.2 Å². The third kappa shape index (κ3) is 7.82. The van der Waals surface area contributed by atoms with Crippen LogP contribution < -0.4 is 25.3 Å². The molecular weight excluding hydrogens is 511 g/mol. The van der Waals surface area contributed by atoms with Crippen LogP contribution in [0.4, 0.5) is 0 Å². The van der Waals surface area contributed by atoms with Gasteiger partial charge < -0.3 is 30.2 Å². The summed E-state index contributed by atoms with van der Waals surface area (Å²) >= 11 is 0. The molecule has 0 aromatic heterocycles. The van der Waals surface area contributed by atoms with E-state index >= 15 is 0 Å². The van der Waals surface area contributed by atoms with Crippen LogP contribution in [0.3, 0.4) is 0 Å². The smallest absolute Gasteiger partial charge is 0.255 e. The van der Waals surface area contributed by atoms with E-state index in [1.165, 1.54) is 0 Å². The van der Waals surface area contributed by atoms with Gasteiger partial charge in [0, 0.05) is 27.2 Å². The van der Waals surface area contributed by atoms with Gasteiger partial charge in [-0.25, -0.2) is 0 Å². The third-order valence-electron chi connectivity index (χ3n) is 4.55. The predicted octanol–water partition coefficient (Wildman–Crippen LogP) is 2.70. The molecule has 2 aromatic carbocycles. The molecule has 0 bridgehead atoms. The van der Waals surface area contributed by atoms with Crippen LogP contribution in [0.2, 0.25) is 0 Å². The van der Waals surface area contributed by atoms with E-state index in [-0.39, 0.29) is 30.6 Å². The number of guanidine groups is 1. The Morgan fingerprint density at radius 2 is 1.84 bits per heavy atom. The topological polar surface area (TPSA) is 98.4 Å². The highest BCUT2D eigenvalue weighted by Crippen LogP contribution is 2.30. The number of ether oxygens (including phenoxy) is 3. The highest BCUT2D eigenvalue weighted by molar-refractivity contribution is 14.0. The Labute approximate surface area is 200 Å². The van der Waals surface area contributed by atoms with Crippen molar-refractivity contribution >= 4 is 35.8 Å². The maximum Gasteiger partial charge on any atom is 0.255 e. The molecule has 0 fully saturated rings. The van der Waals surface area contributed by atoms with Gasteiger partial charge in [0.1, 0.15) is 5.75 Å². The summed E-state index contributed by atoms with van der Waals surface area (Å²) in [4.78, 5) is 17.3. The van der Waals surface area contributed by atoms with Crippen LogP contribution in [-0.2, 0) is 17.9 Å². The van der Waals surface area contributed by atoms with Gasteiger partial charge in [0.05, 0.1) is 14.2 Å². The van der Waals surface area contributed by atoms with Crippen molar-refractivity contribution in [3.8, 4) is 17.2 Å². The lowest BCUT2D eigenvalue weighted by molar-refractivity contribution is -0.119. The first kappa shape index (κ1) is 26.3. The quantitative estimate of drug-likeness (QED) is 0.287. The fourth-order valence-corrected chi connectivity index (χ4v) is 2.99. The van der Waals surface area contributed by atoms with Crippen LogP contribution in [0.1, 0.15) is 16.7 Å². The van der Waals surface area contributed by atoms with Crippen molar-refractivity contribution in [1.29, 1.82) is 0 Å². The lowest BCUT2D eigenvalue weighted by atomic mass is 10.1. The maximum atomic E-state index is 10.9. The number of nitrogens with zero attached hydrogens (tertiary/aromatic N) is 2. The Morgan fingerprint density at radius 1 is 1.16 bits per heavy atom. The van der Waals surface area contributed by atoms with Crippen molar-refractivity contribution in [3.05, 3.63) is 53.1 Å². The number of aryl methyl sites for hydroxylation is 1. The Bertz CT molecular complexity index is 905. The number of carbonyl (C=O) groups excluding carboxylic acids is 1. The van der Waals surface area contributed by atoms with Gasteiger partial charge >= 0.3 is 0 Å². The molecule has 9 heteroatoms. The van der Waals surface area contributed by atoms with E-state index in [0.717, 1.165) is 22.6 Å². The van der Waals surface area contributed by atoms with Gasteiger partial charge in [0.25, 0.3) is 5.91 Å². The second-order valence-corrected chi connectivity index (χ2v) is 6.79.